The first-order valence-corrected chi connectivity index (χ1v) is 5.87. The van der Waals surface area contributed by atoms with Crippen molar-refractivity contribution in [2.75, 3.05) is 11.2 Å². The Bertz CT molecular complexity index is 398. The quantitative estimate of drug-likeness (QED) is 0.844. The van der Waals surface area contributed by atoms with Gasteiger partial charge in [0.1, 0.15) is 0 Å². The summed E-state index contributed by atoms with van der Waals surface area (Å²) < 4.78 is 0.845. The largest absolute Gasteiger partial charge is 0.325 e. The molecule has 6 heteroatoms. The van der Waals surface area contributed by atoms with Gasteiger partial charge in [-0.05, 0) is 18.2 Å². The molecule has 0 aliphatic rings. The highest BCUT2D eigenvalue weighted by Crippen LogP contribution is 2.15. The summed E-state index contributed by atoms with van der Waals surface area (Å²) in [6.45, 7) is 0. The molecule has 0 heterocycles. The molecule has 0 aromatic heterocycles. The molecule has 16 heavy (non-hydrogen) atoms. The molecule has 1 aromatic rings. The number of halogens is 2. The Labute approximate surface area is 106 Å². The zero-order valence-electron chi connectivity index (χ0n) is 8.30. The average molecular weight is 306 g/mol. The van der Waals surface area contributed by atoms with E-state index in [4.69, 9.17) is 11.6 Å². The van der Waals surface area contributed by atoms with Crippen molar-refractivity contribution in [3.63, 3.8) is 0 Å². The Morgan fingerprint density at radius 3 is 2.75 bits per heavy atom. The van der Waals surface area contributed by atoms with E-state index in [1.165, 1.54) is 0 Å². The van der Waals surface area contributed by atoms with Crippen LogP contribution < -0.4 is 10.6 Å². The highest BCUT2D eigenvalue weighted by atomic mass is 79.9. The second-order valence-electron chi connectivity index (χ2n) is 2.95. The van der Waals surface area contributed by atoms with Crippen molar-refractivity contribution in [2.24, 2.45) is 0 Å². The number of urea groups is 1. The van der Waals surface area contributed by atoms with Crippen LogP contribution in [0.1, 0.15) is 6.42 Å². The first-order chi connectivity index (χ1) is 7.61. The molecule has 4 nitrogen and oxygen atoms in total. The smallest absolute Gasteiger partial charge is 0.308 e. The number of anilines is 1. The molecule has 1 aromatic carbocycles. The van der Waals surface area contributed by atoms with Crippen LogP contribution in [-0.2, 0) is 4.79 Å². The van der Waals surface area contributed by atoms with Crippen molar-refractivity contribution in [1.29, 1.82) is 0 Å². The molecular weight excluding hydrogens is 295 g/mol. The van der Waals surface area contributed by atoms with Gasteiger partial charge in [0, 0.05) is 22.5 Å². The summed E-state index contributed by atoms with van der Waals surface area (Å²) in [6.07, 6.45) is 0.119. The number of alkyl halides is 1. The predicted octanol–water partition coefficient (Wildman–Crippen LogP) is 2.73. The Morgan fingerprint density at radius 1 is 1.38 bits per heavy atom. The molecular formula is C10H10BrClN2O2. The molecule has 0 aliphatic heterocycles. The van der Waals surface area contributed by atoms with E-state index < -0.39 is 11.9 Å². The van der Waals surface area contributed by atoms with Gasteiger partial charge < -0.3 is 5.32 Å². The van der Waals surface area contributed by atoms with Crippen molar-refractivity contribution in [3.8, 4) is 0 Å². The van der Waals surface area contributed by atoms with Gasteiger partial charge in [-0.1, -0.05) is 22.0 Å². The average Bonchev–Trinajstić information content (AvgIpc) is 2.17. The summed E-state index contributed by atoms with van der Waals surface area (Å²) in [5.74, 6) is -0.210. The SMILES string of the molecule is O=C(CCCl)NC(=O)Nc1cccc(Br)c1. The molecule has 2 N–H and O–H groups in total. The maximum absolute atomic E-state index is 11.3. The molecule has 86 valence electrons. The number of benzene rings is 1. The number of hydrogen-bond acceptors (Lipinski definition) is 2. The van der Waals surface area contributed by atoms with Crippen LogP contribution in [0.15, 0.2) is 28.7 Å². The molecule has 0 saturated heterocycles. The number of amides is 3. The molecule has 0 saturated carbocycles. The van der Waals surface area contributed by atoms with Crippen LogP contribution in [0.3, 0.4) is 0 Å². The standard InChI is InChI=1S/C10H10BrClN2O2/c11-7-2-1-3-8(6-7)13-10(16)14-9(15)4-5-12/h1-3,6H,4-5H2,(H2,13,14,15,16). The fourth-order valence-electron chi connectivity index (χ4n) is 1.00. The van der Waals surface area contributed by atoms with E-state index in [1.54, 1.807) is 18.2 Å². The lowest BCUT2D eigenvalue weighted by Crippen LogP contribution is -2.34. The van der Waals surface area contributed by atoms with Crippen molar-refractivity contribution in [2.45, 2.75) is 6.42 Å². The lowest BCUT2D eigenvalue weighted by molar-refractivity contribution is -0.119. The molecule has 0 fully saturated rings. The van der Waals surface area contributed by atoms with Gasteiger partial charge >= 0.3 is 6.03 Å². The minimum absolute atomic E-state index is 0.119. The van der Waals surface area contributed by atoms with Gasteiger partial charge in [-0.15, -0.1) is 11.6 Å². The molecule has 0 unspecified atom stereocenters. The Balaban J connectivity index is 2.48. The fraction of sp³-hybridized carbons (Fsp3) is 0.200. The van der Waals surface area contributed by atoms with Crippen LogP contribution in [-0.4, -0.2) is 17.8 Å². The minimum atomic E-state index is -0.562. The molecule has 0 aliphatic carbocycles. The minimum Gasteiger partial charge on any atom is -0.308 e. The van der Waals surface area contributed by atoms with Crippen LogP contribution in [0.25, 0.3) is 0 Å². The summed E-state index contributed by atoms with van der Waals surface area (Å²) in [4.78, 5) is 22.4. The van der Waals surface area contributed by atoms with E-state index in [-0.39, 0.29) is 12.3 Å². The van der Waals surface area contributed by atoms with Gasteiger partial charge in [-0.2, -0.15) is 0 Å². The van der Waals surface area contributed by atoms with Crippen LogP contribution in [0.2, 0.25) is 0 Å². The fourth-order valence-corrected chi connectivity index (χ4v) is 1.57. The van der Waals surface area contributed by atoms with Crippen molar-refractivity contribution < 1.29 is 9.59 Å². The predicted molar refractivity (Wildman–Crippen MR) is 66.6 cm³/mol. The number of carbonyl (C=O) groups is 2. The summed E-state index contributed by atoms with van der Waals surface area (Å²) in [5, 5.41) is 4.69. The molecule has 0 spiro atoms. The third-order valence-corrected chi connectivity index (χ3v) is 2.34. The van der Waals surface area contributed by atoms with Crippen LogP contribution in [0.4, 0.5) is 10.5 Å². The summed E-state index contributed by atoms with van der Waals surface area (Å²) >= 11 is 8.63. The van der Waals surface area contributed by atoms with E-state index >= 15 is 0 Å². The number of nitrogens with one attached hydrogen (secondary N) is 2. The van der Waals surface area contributed by atoms with Crippen molar-refractivity contribution >= 4 is 45.2 Å². The number of rotatable bonds is 3. The molecule has 0 bridgehead atoms. The maximum Gasteiger partial charge on any atom is 0.325 e. The first kappa shape index (κ1) is 13.0. The normalized spacial score (nSPS) is 9.62. The van der Waals surface area contributed by atoms with Gasteiger partial charge in [0.05, 0.1) is 0 Å². The zero-order valence-corrected chi connectivity index (χ0v) is 10.6. The number of hydrogen-bond donors (Lipinski definition) is 2. The van der Waals surface area contributed by atoms with Crippen molar-refractivity contribution in [1.82, 2.24) is 5.32 Å². The third-order valence-electron chi connectivity index (χ3n) is 1.66. The van der Waals surface area contributed by atoms with Gasteiger partial charge in [0.25, 0.3) is 0 Å². The first-order valence-electron chi connectivity index (χ1n) is 4.54. The van der Waals surface area contributed by atoms with Gasteiger partial charge in [-0.3, -0.25) is 10.1 Å². The van der Waals surface area contributed by atoms with Crippen LogP contribution in [0, 0.1) is 0 Å². The Kier molecular flexibility index (Phi) is 5.28. The second-order valence-corrected chi connectivity index (χ2v) is 4.25. The molecule has 0 atom stereocenters. The van der Waals surface area contributed by atoms with E-state index in [9.17, 15) is 9.59 Å². The van der Waals surface area contributed by atoms with Gasteiger partial charge in [-0.25, -0.2) is 4.79 Å². The van der Waals surface area contributed by atoms with E-state index in [2.05, 4.69) is 26.6 Å². The van der Waals surface area contributed by atoms with Gasteiger partial charge in [0.2, 0.25) is 5.91 Å². The monoisotopic (exact) mass is 304 g/mol. The molecule has 1 rings (SSSR count). The van der Waals surface area contributed by atoms with Crippen LogP contribution >= 0.6 is 27.5 Å². The Morgan fingerprint density at radius 2 is 2.12 bits per heavy atom. The third kappa shape index (κ3) is 4.63. The maximum atomic E-state index is 11.3. The van der Waals surface area contributed by atoms with Crippen LogP contribution in [0.5, 0.6) is 0 Å². The molecule has 0 radical (unpaired) electrons. The van der Waals surface area contributed by atoms with E-state index in [0.29, 0.717) is 5.69 Å². The lowest BCUT2D eigenvalue weighted by atomic mass is 10.3. The summed E-state index contributed by atoms with van der Waals surface area (Å²) in [6, 6.07) is 6.50. The topological polar surface area (TPSA) is 58.2 Å². The summed E-state index contributed by atoms with van der Waals surface area (Å²) in [7, 11) is 0. The number of carbonyl (C=O) groups excluding carboxylic acids is 2. The van der Waals surface area contributed by atoms with E-state index in [1.807, 2.05) is 6.07 Å². The highest BCUT2D eigenvalue weighted by molar-refractivity contribution is 9.10. The van der Waals surface area contributed by atoms with E-state index in [0.717, 1.165) is 4.47 Å². The summed E-state index contributed by atoms with van der Waals surface area (Å²) in [5.41, 5.74) is 0.602. The van der Waals surface area contributed by atoms with Gasteiger partial charge in [0.15, 0.2) is 0 Å². The highest BCUT2D eigenvalue weighted by Gasteiger charge is 2.06. The molecule has 3 amide bonds. The van der Waals surface area contributed by atoms with Crippen molar-refractivity contribution in [3.05, 3.63) is 28.7 Å². The lowest BCUT2D eigenvalue weighted by Gasteiger charge is -2.06. The number of imide groups is 1. The zero-order chi connectivity index (χ0) is 12.0. The second kappa shape index (κ2) is 6.50. The Hall–Kier alpha value is -1.07.